The van der Waals surface area contributed by atoms with E-state index in [9.17, 15) is 10.1 Å². The first-order chi connectivity index (χ1) is 9.56. The minimum Gasteiger partial charge on any atom is -0.496 e. The summed E-state index contributed by atoms with van der Waals surface area (Å²) in [5.74, 6) is 0.416. The molecule has 0 bridgehead atoms. The van der Waals surface area contributed by atoms with Crippen LogP contribution >= 0.6 is 11.3 Å². The van der Waals surface area contributed by atoms with Gasteiger partial charge in [0.05, 0.1) is 29.7 Å². The Balaban J connectivity index is 2.41. The summed E-state index contributed by atoms with van der Waals surface area (Å²) in [5.41, 5.74) is 0.684. The Kier molecular flexibility index (Phi) is 4.26. The van der Waals surface area contributed by atoms with Crippen molar-refractivity contribution in [3.8, 4) is 16.3 Å². The predicted molar refractivity (Wildman–Crippen MR) is 76.0 cm³/mol. The molecule has 0 radical (unpaired) electrons. The highest BCUT2D eigenvalue weighted by Crippen LogP contribution is 2.35. The van der Waals surface area contributed by atoms with Crippen LogP contribution in [0.4, 0.5) is 5.69 Å². The first-order valence-electron chi connectivity index (χ1n) is 5.90. The molecule has 20 heavy (non-hydrogen) atoms. The average Bonchev–Trinajstić information content (AvgIpc) is 2.95. The van der Waals surface area contributed by atoms with Gasteiger partial charge in [-0.05, 0) is 20.0 Å². The fourth-order valence-electron chi connectivity index (χ4n) is 1.61. The second-order valence-electron chi connectivity index (χ2n) is 4.10. The van der Waals surface area contributed by atoms with Crippen molar-refractivity contribution in [2.24, 2.45) is 0 Å². The van der Waals surface area contributed by atoms with E-state index in [1.807, 2.05) is 14.0 Å². The van der Waals surface area contributed by atoms with E-state index in [-0.39, 0.29) is 11.7 Å². The smallest absolute Gasteiger partial charge is 0.273 e. The van der Waals surface area contributed by atoms with Crippen LogP contribution in [0.5, 0.6) is 5.75 Å². The van der Waals surface area contributed by atoms with E-state index in [0.717, 1.165) is 5.01 Å². The lowest BCUT2D eigenvalue weighted by Gasteiger charge is -2.05. The van der Waals surface area contributed by atoms with Crippen molar-refractivity contribution in [1.29, 1.82) is 0 Å². The van der Waals surface area contributed by atoms with Crippen molar-refractivity contribution >= 4 is 17.0 Å². The van der Waals surface area contributed by atoms with Gasteiger partial charge in [0, 0.05) is 6.07 Å². The lowest BCUT2D eigenvalue weighted by atomic mass is 10.2. The Morgan fingerprint density at radius 3 is 2.80 bits per heavy atom. The lowest BCUT2D eigenvalue weighted by Crippen LogP contribution is -2.11. The van der Waals surface area contributed by atoms with Crippen LogP contribution in [0.1, 0.15) is 18.0 Å². The van der Waals surface area contributed by atoms with Gasteiger partial charge in [-0.2, -0.15) is 0 Å². The van der Waals surface area contributed by atoms with Crippen LogP contribution in [-0.4, -0.2) is 29.3 Å². The summed E-state index contributed by atoms with van der Waals surface area (Å²) < 4.78 is 5.21. The summed E-state index contributed by atoms with van der Waals surface area (Å²) in [6.45, 7) is 1.98. The van der Waals surface area contributed by atoms with Gasteiger partial charge in [0.25, 0.3) is 5.69 Å². The molecule has 2 aromatic rings. The average molecular weight is 294 g/mol. The van der Waals surface area contributed by atoms with Crippen LogP contribution < -0.4 is 10.1 Å². The molecule has 0 aliphatic heterocycles. The molecule has 0 saturated carbocycles. The van der Waals surface area contributed by atoms with E-state index in [1.54, 1.807) is 6.07 Å². The van der Waals surface area contributed by atoms with E-state index in [2.05, 4.69) is 15.5 Å². The second-order valence-corrected chi connectivity index (χ2v) is 5.11. The number of hydrogen-bond donors (Lipinski definition) is 1. The molecule has 2 rings (SSSR count). The van der Waals surface area contributed by atoms with Gasteiger partial charge in [-0.25, -0.2) is 0 Å². The number of nitrogens with zero attached hydrogens (tertiary/aromatic N) is 3. The Hall–Kier alpha value is -2.06. The second kappa shape index (κ2) is 5.93. The first-order valence-corrected chi connectivity index (χ1v) is 6.72. The Bertz CT molecular complexity index is 629. The van der Waals surface area contributed by atoms with Gasteiger partial charge in [-0.3, -0.25) is 10.1 Å². The largest absolute Gasteiger partial charge is 0.496 e. The van der Waals surface area contributed by atoms with Crippen molar-refractivity contribution in [3.05, 3.63) is 33.3 Å². The molecule has 1 N–H and O–H groups in total. The molecular formula is C12H14N4O3S. The fraction of sp³-hybridized carbons (Fsp3) is 0.333. The van der Waals surface area contributed by atoms with Crippen LogP contribution in [0.15, 0.2) is 18.2 Å². The number of nitro benzene ring substituents is 1. The number of nitrogens with one attached hydrogen (secondary N) is 1. The topological polar surface area (TPSA) is 90.2 Å². The highest BCUT2D eigenvalue weighted by molar-refractivity contribution is 7.14. The SMILES string of the molecule is CNC(C)c1nnc(-c2ccc([N+](=O)[O-])cc2OC)s1. The van der Waals surface area contributed by atoms with Gasteiger partial charge in [0.2, 0.25) is 0 Å². The molecule has 1 aromatic heterocycles. The number of nitro groups is 1. The summed E-state index contributed by atoms with van der Waals surface area (Å²) >= 11 is 1.43. The molecular weight excluding hydrogens is 280 g/mol. The molecule has 106 valence electrons. The molecule has 8 heteroatoms. The maximum atomic E-state index is 10.8. The number of hydrogen-bond acceptors (Lipinski definition) is 7. The maximum Gasteiger partial charge on any atom is 0.273 e. The molecule has 0 aliphatic carbocycles. The first kappa shape index (κ1) is 14.4. The van der Waals surface area contributed by atoms with E-state index in [1.165, 1.54) is 30.6 Å². The molecule has 0 amide bonds. The minimum absolute atomic E-state index is 0.0149. The molecule has 1 heterocycles. The van der Waals surface area contributed by atoms with Crippen LogP contribution in [0.25, 0.3) is 10.6 Å². The third-order valence-electron chi connectivity index (χ3n) is 2.87. The maximum absolute atomic E-state index is 10.8. The van der Waals surface area contributed by atoms with E-state index < -0.39 is 4.92 Å². The number of rotatable bonds is 5. The van der Waals surface area contributed by atoms with Gasteiger partial charge in [0.15, 0.2) is 5.01 Å². The number of non-ortho nitro benzene ring substituents is 1. The van der Waals surface area contributed by atoms with Crippen molar-refractivity contribution in [1.82, 2.24) is 15.5 Å². The molecule has 0 saturated heterocycles. The number of methoxy groups -OCH3 is 1. The Morgan fingerprint density at radius 2 is 2.20 bits per heavy atom. The van der Waals surface area contributed by atoms with Crippen molar-refractivity contribution < 1.29 is 9.66 Å². The molecule has 1 aromatic carbocycles. The minimum atomic E-state index is -0.457. The Labute approximate surface area is 119 Å². The standard InChI is InChI=1S/C12H14N4O3S/c1-7(13-2)11-14-15-12(20-11)9-5-4-8(16(17)18)6-10(9)19-3/h4-7,13H,1-3H3. The monoisotopic (exact) mass is 294 g/mol. The van der Waals surface area contributed by atoms with Crippen molar-refractivity contribution in [2.45, 2.75) is 13.0 Å². The van der Waals surface area contributed by atoms with Crippen molar-refractivity contribution in [2.75, 3.05) is 14.2 Å². The third kappa shape index (κ3) is 2.75. The van der Waals surface area contributed by atoms with Crippen LogP contribution in [0, 0.1) is 10.1 Å². The van der Waals surface area contributed by atoms with Crippen LogP contribution in [0.3, 0.4) is 0 Å². The summed E-state index contributed by atoms with van der Waals surface area (Å²) in [7, 11) is 3.32. The lowest BCUT2D eigenvalue weighted by molar-refractivity contribution is -0.384. The summed E-state index contributed by atoms with van der Waals surface area (Å²) in [6, 6.07) is 4.55. The summed E-state index contributed by atoms with van der Waals surface area (Å²) in [4.78, 5) is 10.3. The number of aromatic nitrogens is 2. The van der Waals surface area contributed by atoms with Gasteiger partial charge in [-0.1, -0.05) is 11.3 Å². The zero-order valence-electron chi connectivity index (χ0n) is 11.3. The van der Waals surface area contributed by atoms with Crippen LogP contribution in [-0.2, 0) is 0 Å². The third-order valence-corrected chi connectivity index (χ3v) is 4.01. The van der Waals surface area contributed by atoms with Gasteiger partial charge in [-0.15, -0.1) is 10.2 Å². The zero-order valence-corrected chi connectivity index (χ0v) is 12.1. The predicted octanol–water partition coefficient (Wildman–Crippen LogP) is 2.40. The molecule has 0 aliphatic rings. The summed E-state index contributed by atoms with van der Waals surface area (Å²) in [5, 5.41) is 23.6. The molecule has 0 fully saturated rings. The summed E-state index contributed by atoms with van der Waals surface area (Å²) in [6.07, 6.45) is 0. The molecule has 1 unspecified atom stereocenters. The molecule has 1 atom stereocenters. The zero-order chi connectivity index (χ0) is 14.7. The number of benzene rings is 1. The Morgan fingerprint density at radius 1 is 1.45 bits per heavy atom. The van der Waals surface area contributed by atoms with E-state index in [4.69, 9.17) is 4.74 Å². The molecule has 7 nitrogen and oxygen atoms in total. The van der Waals surface area contributed by atoms with Gasteiger partial charge < -0.3 is 10.1 Å². The van der Waals surface area contributed by atoms with Gasteiger partial charge >= 0.3 is 0 Å². The van der Waals surface area contributed by atoms with E-state index in [0.29, 0.717) is 16.3 Å². The van der Waals surface area contributed by atoms with Crippen LogP contribution in [0.2, 0.25) is 0 Å². The molecule has 0 spiro atoms. The highest BCUT2D eigenvalue weighted by Gasteiger charge is 2.17. The van der Waals surface area contributed by atoms with Crippen molar-refractivity contribution in [3.63, 3.8) is 0 Å². The number of ether oxygens (including phenoxy) is 1. The van der Waals surface area contributed by atoms with Gasteiger partial charge in [0.1, 0.15) is 10.8 Å². The fourth-order valence-corrected chi connectivity index (χ4v) is 2.55. The highest BCUT2D eigenvalue weighted by atomic mass is 32.1. The quantitative estimate of drug-likeness (QED) is 0.672. The van der Waals surface area contributed by atoms with E-state index >= 15 is 0 Å². The normalized spacial score (nSPS) is 12.2.